The van der Waals surface area contributed by atoms with Crippen LogP contribution in [-0.4, -0.2) is 11.1 Å². The van der Waals surface area contributed by atoms with E-state index in [0.29, 0.717) is 6.42 Å². The van der Waals surface area contributed by atoms with E-state index in [2.05, 4.69) is 0 Å². The first kappa shape index (κ1) is 9.43. The van der Waals surface area contributed by atoms with Crippen LogP contribution in [0.25, 0.3) is 0 Å². The SMILES string of the molecule is CCC(C)(C)CC(=O)NO.[HH]. The molecule has 0 saturated carbocycles. The van der Waals surface area contributed by atoms with E-state index in [1.807, 2.05) is 20.8 Å². The Morgan fingerprint density at radius 1 is 1.70 bits per heavy atom. The Balaban J connectivity index is 0. The number of carbonyl (C=O) groups excluding carboxylic acids is 1. The molecule has 0 atom stereocenters. The normalized spacial score (nSPS) is 11.2. The van der Waals surface area contributed by atoms with Gasteiger partial charge in [-0.25, -0.2) is 5.48 Å². The molecular weight excluding hydrogens is 130 g/mol. The van der Waals surface area contributed by atoms with Gasteiger partial charge in [0.15, 0.2) is 0 Å². The molecule has 0 aromatic rings. The Bertz CT molecular complexity index is 126. The Morgan fingerprint density at radius 3 is 2.50 bits per heavy atom. The maximum absolute atomic E-state index is 10.6. The van der Waals surface area contributed by atoms with Crippen molar-refractivity contribution in [1.82, 2.24) is 5.48 Å². The molecule has 0 fully saturated rings. The zero-order valence-corrected chi connectivity index (χ0v) is 6.77. The molecule has 0 heterocycles. The Hall–Kier alpha value is -0.570. The number of amides is 1. The summed E-state index contributed by atoms with van der Waals surface area (Å²) in [6, 6.07) is 0. The van der Waals surface area contributed by atoms with Crippen molar-refractivity contribution in [3.63, 3.8) is 0 Å². The fourth-order valence-electron chi connectivity index (χ4n) is 0.599. The van der Waals surface area contributed by atoms with Gasteiger partial charge in [0.1, 0.15) is 0 Å². The second-order valence-electron chi connectivity index (χ2n) is 3.23. The quantitative estimate of drug-likeness (QED) is 0.470. The first-order valence-electron chi connectivity index (χ1n) is 3.45. The first-order chi connectivity index (χ1) is 4.52. The summed E-state index contributed by atoms with van der Waals surface area (Å²) >= 11 is 0. The topological polar surface area (TPSA) is 49.3 Å². The number of hydrogen-bond donors (Lipinski definition) is 2. The van der Waals surface area contributed by atoms with Crippen molar-refractivity contribution in [2.75, 3.05) is 0 Å². The van der Waals surface area contributed by atoms with E-state index in [4.69, 9.17) is 5.21 Å². The van der Waals surface area contributed by atoms with Gasteiger partial charge in [0.25, 0.3) is 0 Å². The minimum Gasteiger partial charge on any atom is -0.289 e. The predicted molar refractivity (Wildman–Crippen MR) is 40.7 cm³/mol. The lowest BCUT2D eigenvalue weighted by Crippen LogP contribution is -2.25. The maximum Gasteiger partial charge on any atom is 0.243 e. The van der Waals surface area contributed by atoms with E-state index in [1.54, 1.807) is 5.48 Å². The molecule has 1 amide bonds. The second-order valence-corrected chi connectivity index (χ2v) is 3.23. The average Bonchev–Trinajstić information content (AvgIpc) is 1.87. The Labute approximate surface area is 62.9 Å². The molecule has 0 saturated heterocycles. The van der Waals surface area contributed by atoms with E-state index in [-0.39, 0.29) is 12.7 Å². The molecular formula is C7H17NO2. The Morgan fingerprint density at radius 2 is 2.20 bits per heavy atom. The van der Waals surface area contributed by atoms with Gasteiger partial charge in [0.05, 0.1) is 0 Å². The third-order valence-electron chi connectivity index (χ3n) is 1.72. The van der Waals surface area contributed by atoms with Gasteiger partial charge in [0.2, 0.25) is 5.91 Å². The molecule has 0 aliphatic carbocycles. The van der Waals surface area contributed by atoms with E-state index in [0.717, 1.165) is 6.42 Å². The first-order valence-corrected chi connectivity index (χ1v) is 3.45. The zero-order chi connectivity index (χ0) is 8.20. The number of nitrogens with one attached hydrogen (secondary N) is 1. The smallest absolute Gasteiger partial charge is 0.243 e. The molecule has 62 valence electrons. The lowest BCUT2D eigenvalue weighted by Gasteiger charge is -2.20. The number of rotatable bonds is 3. The van der Waals surface area contributed by atoms with Crippen molar-refractivity contribution in [2.24, 2.45) is 5.41 Å². The van der Waals surface area contributed by atoms with Crippen LogP contribution < -0.4 is 5.48 Å². The summed E-state index contributed by atoms with van der Waals surface area (Å²) in [7, 11) is 0. The van der Waals surface area contributed by atoms with Crippen molar-refractivity contribution in [1.29, 1.82) is 0 Å². The molecule has 3 nitrogen and oxygen atoms in total. The summed E-state index contributed by atoms with van der Waals surface area (Å²) in [5.74, 6) is -0.313. The highest BCUT2D eigenvalue weighted by atomic mass is 16.5. The molecule has 0 aromatic carbocycles. The van der Waals surface area contributed by atoms with Crippen molar-refractivity contribution in [2.45, 2.75) is 33.6 Å². The highest BCUT2D eigenvalue weighted by Crippen LogP contribution is 2.23. The highest BCUT2D eigenvalue weighted by molar-refractivity contribution is 5.75. The third kappa shape index (κ3) is 3.45. The summed E-state index contributed by atoms with van der Waals surface area (Å²) in [5, 5.41) is 8.19. The van der Waals surface area contributed by atoms with Crippen LogP contribution in [0, 0.1) is 5.41 Å². The van der Waals surface area contributed by atoms with Gasteiger partial charge in [-0.05, 0) is 5.41 Å². The van der Waals surface area contributed by atoms with Gasteiger partial charge in [-0.2, -0.15) is 0 Å². The molecule has 0 aromatic heterocycles. The zero-order valence-electron chi connectivity index (χ0n) is 6.77. The molecule has 0 aliphatic rings. The monoisotopic (exact) mass is 147 g/mol. The summed E-state index contributed by atoms with van der Waals surface area (Å²) in [6.45, 7) is 6.00. The van der Waals surface area contributed by atoms with E-state index in [9.17, 15) is 4.79 Å². The molecule has 0 unspecified atom stereocenters. The molecule has 10 heavy (non-hydrogen) atoms. The largest absolute Gasteiger partial charge is 0.289 e. The van der Waals surface area contributed by atoms with E-state index >= 15 is 0 Å². The van der Waals surface area contributed by atoms with Gasteiger partial charge in [0, 0.05) is 7.85 Å². The van der Waals surface area contributed by atoms with Crippen molar-refractivity contribution >= 4 is 5.91 Å². The van der Waals surface area contributed by atoms with Crippen LogP contribution >= 0.6 is 0 Å². The van der Waals surface area contributed by atoms with Crippen molar-refractivity contribution in [3.8, 4) is 0 Å². The van der Waals surface area contributed by atoms with Crippen LogP contribution in [0.5, 0.6) is 0 Å². The third-order valence-corrected chi connectivity index (χ3v) is 1.72. The minimum atomic E-state index is -0.313. The fraction of sp³-hybridized carbons (Fsp3) is 0.857. The van der Waals surface area contributed by atoms with Crippen LogP contribution in [0.1, 0.15) is 35.0 Å². The fourth-order valence-corrected chi connectivity index (χ4v) is 0.599. The minimum absolute atomic E-state index is 0. The van der Waals surface area contributed by atoms with Crippen LogP contribution in [0.2, 0.25) is 0 Å². The number of carbonyl (C=O) groups is 1. The van der Waals surface area contributed by atoms with Gasteiger partial charge in [-0.15, -0.1) is 0 Å². The summed E-state index contributed by atoms with van der Waals surface area (Å²) < 4.78 is 0. The van der Waals surface area contributed by atoms with Crippen LogP contribution in [0.15, 0.2) is 0 Å². The van der Waals surface area contributed by atoms with E-state index < -0.39 is 0 Å². The van der Waals surface area contributed by atoms with Crippen LogP contribution in [0.4, 0.5) is 0 Å². The molecule has 0 rings (SSSR count). The lowest BCUT2D eigenvalue weighted by atomic mass is 9.86. The van der Waals surface area contributed by atoms with Gasteiger partial charge >= 0.3 is 0 Å². The highest BCUT2D eigenvalue weighted by Gasteiger charge is 2.18. The Kier molecular flexibility index (Phi) is 3.36. The predicted octanol–water partition coefficient (Wildman–Crippen LogP) is 1.56. The van der Waals surface area contributed by atoms with Gasteiger partial charge < -0.3 is 0 Å². The molecule has 2 N–H and O–H groups in total. The molecule has 0 aliphatic heterocycles. The van der Waals surface area contributed by atoms with Crippen LogP contribution in [-0.2, 0) is 4.79 Å². The molecule has 0 bridgehead atoms. The van der Waals surface area contributed by atoms with E-state index in [1.165, 1.54) is 0 Å². The lowest BCUT2D eigenvalue weighted by molar-refractivity contribution is -0.131. The summed E-state index contributed by atoms with van der Waals surface area (Å²) in [4.78, 5) is 10.6. The molecule has 0 radical (unpaired) electrons. The number of hydroxylamine groups is 1. The van der Waals surface area contributed by atoms with Gasteiger partial charge in [-0.3, -0.25) is 10.0 Å². The summed E-state index contributed by atoms with van der Waals surface area (Å²) in [5.41, 5.74) is 1.61. The standard InChI is InChI=1S/C7H15NO2.H2/c1-4-7(2,3)5-6(9)8-10;/h10H,4-5H2,1-3H3,(H,8,9);1H. The van der Waals surface area contributed by atoms with Gasteiger partial charge in [-0.1, -0.05) is 27.2 Å². The summed E-state index contributed by atoms with van der Waals surface area (Å²) in [6.07, 6.45) is 1.31. The number of hydrogen-bond acceptors (Lipinski definition) is 2. The second kappa shape index (κ2) is 3.56. The average molecular weight is 147 g/mol. The molecule has 0 spiro atoms. The van der Waals surface area contributed by atoms with Crippen molar-refractivity contribution < 1.29 is 11.4 Å². The van der Waals surface area contributed by atoms with Crippen LogP contribution in [0.3, 0.4) is 0 Å². The molecule has 3 heteroatoms. The van der Waals surface area contributed by atoms with Crippen molar-refractivity contribution in [3.05, 3.63) is 0 Å². The maximum atomic E-state index is 10.6.